The first kappa shape index (κ1) is 13.6. The molecule has 2 rings (SSSR count). The molecule has 0 aliphatic heterocycles. The lowest BCUT2D eigenvalue weighted by molar-refractivity contribution is 0.407. The summed E-state index contributed by atoms with van der Waals surface area (Å²) in [7, 11) is 1.52. The smallest absolute Gasteiger partial charge is 0.224 e. The van der Waals surface area contributed by atoms with E-state index < -0.39 is 0 Å². The SMILES string of the molecule is COc1cc(C#N)cc(Oc2cc(NN)nc(C)n2)c1. The van der Waals surface area contributed by atoms with Crippen LogP contribution in [0.15, 0.2) is 24.3 Å². The molecule has 0 radical (unpaired) electrons. The number of methoxy groups -OCH3 is 1. The lowest BCUT2D eigenvalue weighted by Crippen LogP contribution is -2.09. The molecule has 0 saturated heterocycles. The van der Waals surface area contributed by atoms with Gasteiger partial charge in [-0.15, -0.1) is 0 Å². The van der Waals surface area contributed by atoms with E-state index in [0.717, 1.165) is 0 Å². The number of nitrogens with one attached hydrogen (secondary N) is 1. The Morgan fingerprint density at radius 1 is 1.20 bits per heavy atom. The van der Waals surface area contributed by atoms with Gasteiger partial charge in [-0.25, -0.2) is 10.8 Å². The third-order valence-electron chi connectivity index (χ3n) is 2.43. The summed E-state index contributed by atoms with van der Waals surface area (Å²) in [6.07, 6.45) is 0. The number of nitrogens with two attached hydrogens (primary N) is 1. The summed E-state index contributed by atoms with van der Waals surface area (Å²) in [4.78, 5) is 8.19. The van der Waals surface area contributed by atoms with Crippen LogP contribution in [0.4, 0.5) is 5.82 Å². The molecule has 7 nitrogen and oxygen atoms in total. The van der Waals surface area contributed by atoms with Gasteiger partial charge in [0.2, 0.25) is 5.88 Å². The molecule has 0 unspecified atom stereocenters. The van der Waals surface area contributed by atoms with Gasteiger partial charge in [0.05, 0.1) is 18.7 Å². The van der Waals surface area contributed by atoms with Crippen LogP contribution in [0.5, 0.6) is 17.4 Å². The standard InChI is InChI=1S/C13H13N5O2/c1-8-16-12(18-15)6-13(17-8)20-11-4-9(7-14)3-10(5-11)19-2/h3-6H,15H2,1-2H3,(H,16,17,18). The number of anilines is 1. The van der Waals surface area contributed by atoms with Gasteiger partial charge in [0, 0.05) is 12.1 Å². The van der Waals surface area contributed by atoms with Crippen LogP contribution in [-0.2, 0) is 0 Å². The molecular weight excluding hydrogens is 258 g/mol. The second-order valence-electron chi connectivity index (χ2n) is 3.89. The number of nitrogen functional groups attached to an aromatic ring is 1. The quantitative estimate of drug-likeness (QED) is 0.644. The summed E-state index contributed by atoms with van der Waals surface area (Å²) in [5.74, 6) is 7.56. The van der Waals surface area contributed by atoms with E-state index in [1.807, 2.05) is 6.07 Å². The fraction of sp³-hybridized carbons (Fsp3) is 0.154. The fourth-order valence-corrected chi connectivity index (χ4v) is 1.60. The van der Waals surface area contributed by atoms with Gasteiger partial charge < -0.3 is 14.9 Å². The lowest BCUT2D eigenvalue weighted by Gasteiger charge is -2.09. The molecule has 1 heterocycles. The lowest BCUT2D eigenvalue weighted by atomic mass is 10.2. The molecule has 20 heavy (non-hydrogen) atoms. The number of aryl methyl sites for hydroxylation is 1. The number of aromatic nitrogens is 2. The molecule has 0 aliphatic carbocycles. The van der Waals surface area contributed by atoms with Crippen molar-refractivity contribution in [3.8, 4) is 23.4 Å². The highest BCUT2D eigenvalue weighted by atomic mass is 16.5. The summed E-state index contributed by atoms with van der Waals surface area (Å²) >= 11 is 0. The fourth-order valence-electron chi connectivity index (χ4n) is 1.60. The van der Waals surface area contributed by atoms with Crippen molar-refractivity contribution in [1.29, 1.82) is 5.26 Å². The molecule has 0 spiro atoms. The van der Waals surface area contributed by atoms with E-state index in [1.54, 1.807) is 31.2 Å². The van der Waals surface area contributed by atoms with Crippen LogP contribution >= 0.6 is 0 Å². The number of hydrazine groups is 1. The Kier molecular flexibility index (Phi) is 3.98. The Morgan fingerprint density at radius 2 is 1.95 bits per heavy atom. The molecule has 1 aromatic heterocycles. The number of rotatable bonds is 4. The first-order chi connectivity index (χ1) is 9.64. The number of hydrogen-bond donors (Lipinski definition) is 2. The molecule has 3 N–H and O–H groups in total. The molecular formula is C13H13N5O2. The van der Waals surface area contributed by atoms with Crippen molar-refractivity contribution in [2.75, 3.05) is 12.5 Å². The maximum atomic E-state index is 8.96. The highest BCUT2D eigenvalue weighted by molar-refractivity contribution is 5.46. The maximum absolute atomic E-state index is 8.96. The minimum atomic E-state index is 0.322. The van der Waals surface area contributed by atoms with Crippen molar-refractivity contribution in [2.45, 2.75) is 6.92 Å². The Bertz CT molecular complexity index is 666. The molecule has 0 aliphatic rings. The first-order valence-electron chi connectivity index (χ1n) is 5.74. The van der Waals surface area contributed by atoms with Gasteiger partial charge in [-0.2, -0.15) is 10.2 Å². The van der Waals surface area contributed by atoms with Crippen molar-refractivity contribution < 1.29 is 9.47 Å². The molecule has 0 fully saturated rings. The van der Waals surface area contributed by atoms with E-state index in [9.17, 15) is 0 Å². The van der Waals surface area contributed by atoms with Crippen molar-refractivity contribution in [2.24, 2.45) is 5.84 Å². The van der Waals surface area contributed by atoms with Crippen molar-refractivity contribution >= 4 is 5.82 Å². The summed E-state index contributed by atoms with van der Waals surface area (Å²) in [6.45, 7) is 1.72. The van der Waals surface area contributed by atoms with Crippen molar-refractivity contribution in [3.63, 3.8) is 0 Å². The summed E-state index contributed by atoms with van der Waals surface area (Å²) in [5, 5.41) is 8.96. The Morgan fingerprint density at radius 3 is 2.60 bits per heavy atom. The van der Waals surface area contributed by atoms with E-state index in [-0.39, 0.29) is 0 Å². The van der Waals surface area contributed by atoms with E-state index in [1.165, 1.54) is 7.11 Å². The zero-order chi connectivity index (χ0) is 14.5. The number of ether oxygens (including phenoxy) is 2. The predicted octanol–water partition coefficient (Wildman–Crippen LogP) is 1.74. The summed E-state index contributed by atoms with van der Waals surface area (Å²) < 4.78 is 10.7. The van der Waals surface area contributed by atoms with Crippen molar-refractivity contribution in [1.82, 2.24) is 9.97 Å². The number of nitrogens with zero attached hydrogens (tertiary/aromatic N) is 3. The third kappa shape index (κ3) is 3.13. The minimum Gasteiger partial charge on any atom is -0.497 e. The van der Waals surface area contributed by atoms with E-state index >= 15 is 0 Å². The normalized spacial score (nSPS) is 9.70. The van der Waals surface area contributed by atoms with Crippen LogP contribution in [0.2, 0.25) is 0 Å². The minimum absolute atomic E-state index is 0.322. The molecule has 102 valence electrons. The average Bonchev–Trinajstić information content (AvgIpc) is 2.46. The van der Waals surface area contributed by atoms with E-state index in [2.05, 4.69) is 15.4 Å². The van der Waals surface area contributed by atoms with Gasteiger partial charge in [-0.3, -0.25) is 0 Å². The average molecular weight is 271 g/mol. The van der Waals surface area contributed by atoms with Gasteiger partial charge >= 0.3 is 0 Å². The van der Waals surface area contributed by atoms with Crippen LogP contribution < -0.4 is 20.7 Å². The topological polar surface area (TPSA) is 106 Å². The van der Waals surface area contributed by atoms with Gasteiger partial charge in [0.25, 0.3) is 0 Å². The summed E-state index contributed by atoms with van der Waals surface area (Å²) in [6, 6.07) is 8.46. The van der Waals surface area contributed by atoms with Gasteiger partial charge in [0.15, 0.2) is 0 Å². The Balaban J connectivity index is 2.34. The number of nitriles is 1. The summed E-state index contributed by atoms with van der Waals surface area (Å²) in [5.41, 5.74) is 2.86. The van der Waals surface area contributed by atoms with Crippen molar-refractivity contribution in [3.05, 3.63) is 35.7 Å². The van der Waals surface area contributed by atoms with Crippen LogP contribution in [0, 0.1) is 18.3 Å². The van der Waals surface area contributed by atoms with Gasteiger partial charge in [-0.1, -0.05) is 0 Å². The first-order valence-corrected chi connectivity index (χ1v) is 5.74. The molecule has 0 atom stereocenters. The zero-order valence-electron chi connectivity index (χ0n) is 11.0. The second-order valence-corrected chi connectivity index (χ2v) is 3.89. The van der Waals surface area contributed by atoms with Crippen LogP contribution in [0.3, 0.4) is 0 Å². The maximum Gasteiger partial charge on any atom is 0.224 e. The number of hydrogen-bond acceptors (Lipinski definition) is 7. The molecule has 0 amide bonds. The zero-order valence-corrected chi connectivity index (χ0v) is 11.0. The van der Waals surface area contributed by atoms with E-state index in [4.69, 9.17) is 20.6 Å². The third-order valence-corrected chi connectivity index (χ3v) is 2.43. The Labute approximate surface area is 116 Å². The van der Waals surface area contributed by atoms with Crippen LogP contribution in [0.25, 0.3) is 0 Å². The molecule has 0 bridgehead atoms. The molecule has 0 saturated carbocycles. The molecule has 1 aromatic carbocycles. The second kappa shape index (κ2) is 5.86. The number of benzene rings is 1. The van der Waals surface area contributed by atoms with E-state index in [0.29, 0.717) is 34.6 Å². The Hall–Kier alpha value is -2.85. The van der Waals surface area contributed by atoms with Crippen LogP contribution in [-0.4, -0.2) is 17.1 Å². The highest BCUT2D eigenvalue weighted by Crippen LogP contribution is 2.27. The van der Waals surface area contributed by atoms with Gasteiger partial charge in [0.1, 0.15) is 23.1 Å². The van der Waals surface area contributed by atoms with Crippen LogP contribution in [0.1, 0.15) is 11.4 Å². The highest BCUT2D eigenvalue weighted by Gasteiger charge is 2.06. The largest absolute Gasteiger partial charge is 0.497 e. The van der Waals surface area contributed by atoms with Gasteiger partial charge in [-0.05, 0) is 19.1 Å². The molecule has 2 aromatic rings. The molecule has 7 heteroatoms. The predicted molar refractivity (Wildman–Crippen MR) is 72.4 cm³/mol. The monoisotopic (exact) mass is 271 g/mol.